The fourth-order valence-electron chi connectivity index (χ4n) is 5.54. The molecule has 1 aliphatic heterocycles. The number of para-hydroxylation sites is 1. The van der Waals surface area contributed by atoms with E-state index in [0.717, 1.165) is 5.69 Å². The van der Waals surface area contributed by atoms with Crippen LogP contribution in [0, 0.1) is 11.8 Å². The van der Waals surface area contributed by atoms with Gasteiger partial charge in [0.2, 0.25) is 0 Å². The van der Waals surface area contributed by atoms with E-state index < -0.39 is 0 Å². The van der Waals surface area contributed by atoms with Crippen molar-refractivity contribution in [2.24, 2.45) is 11.8 Å². The van der Waals surface area contributed by atoms with E-state index in [1.165, 1.54) is 64.2 Å². The molecular weight excluding hydrogens is 298 g/mol. The second kappa shape index (κ2) is 6.78. The lowest BCUT2D eigenvalue weighted by molar-refractivity contribution is 0.0831. The van der Waals surface area contributed by atoms with Gasteiger partial charge in [-0.25, -0.2) is 4.79 Å². The van der Waals surface area contributed by atoms with E-state index in [4.69, 9.17) is 4.74 Å². The van der Waals surface area contributed by atoms with E-state index in [1.807, 2.05) is 18.2 Å². The summed E-state index contributed by atoms with van der Waals surface area (Å²) in [6.45, 7) is 0.593. The SMILES string of the molecule is O=C1OCC(C2CCCCC2)(C2CCCCC2)N1c1ccccc1. The number of nitrogens with zero attached hydrogens (tertiary/aromatic N) is 1. The third-order valence-electron chi connectivity index (χ3n) is 6.66. The third kappa shape index (κ3) is 2.62. The molecule has 24 heavy (non-hydrogen) atoms. The molecule has 2 aliphatic carbocycles. The minimum atomic E-state index is -0.127. The Bertz CT molecular complexity index is 540. The summed E-state index contributed by atoms with van der Waals surface area (Å²) in [5.41, 5.74) is 0.912. The fourth-order valence-corrected chi connectivity index (χ4v) is 5.54. The van der Waals surface area contributed by atoms with Crippen LogP contribution in [-0.4, -0.2) is 18.2 Å². The summed E-state index contributed by atoms with van der Waals surface area (Å²) in [5.74, 6) is 1.17. The molecule has 1 aromatic rings. The van der Waals surface area contributed by atoms with Crippen LogP contribution in [0.15, 0.2) is 30.3 Å². The number of benzene rings is 1. The molecule has 4 rings (SSSR count). The summed E-state index contributed by atoms with van der Waals surface area (Å²) in [6, 6.07) is 10.2. The van der Waals surface area contributed by atoms with Crippen molar-refractivity contribution in [1.29, 1.82) is 0 Å². The van der Waals surface area contributed by atoms with Gasteiger partial charge < -0.3 is 4.74 Å². The Labute approximate surface area is 145 Å². The molecule has 0 N–H and O–H groups in total. The topological polar surface area (TPSA) is 29.5 Å². The molecule has 2 saturated carbocycles. The van der Waals surface area contributed by atoms with Gasteiger partial charge in [-0.15, -0.1) is 0 Å². The van der Waals surface area contributed by atoms with E-state index in [1.54, 1.807) is 0 Å². The molecule has 130 valence electrons. The Morgan fingerprint density at radius 3 is 1.92 bits per heavy atom. The Morgan fingerprint density at radius 2 is 1.38 bits per heavy atom. The number of rotatable bonds is 3. The lowest BCUT2D eigenvalue weighted by Gasteiger charge is -2.49. The highest BCUT2D eigenvalue weighted by atomic mass is 16.6. The number of cyclic esters (lactones) is 1. The molecule has 3 nitrogen and oxygen atoms in total. The van der Waals surface area contributed by atoms with Crippen LogP contribution in [0.5, 0.6) is 0 Å². The van der Waals surface area contributed by atoms with E-state index in [0.29, 0.717) is 18.4 Å². The molecule has 0 aromatic heterocycles. The Morgan fingerprint density at radius 1 is 0.833 bits per heavy atom. The van der Waals surface area contributed by atoms with Crippen LogP contribution >= 0.6 is 0 Å². The number of hydrogen-bond donors (Lipinski definition) is 0. The quantitative estimate of drug-likeness (QED) is 0.729. The smallest absolute Gasteiger partial charge is 0.415 e. The van der Waals surface area contributed by atoms with Gasteiger partial charge in [-0.3, -0.25) is 4.90 Å². The number of anilines is 1. The van der Waals surface area contributed by atoms with Crippen molar-refractivity contribution in [3.05, 3.63) is 30.3 Å². The highest BCUT2D eigenvalue weighted by Crippen LogP contribution is 2.50. The van der Waals surface area contributed by atoms with Gasteiger partial charge in [0, 0.05) is 5.69 Å². The van der Waals surface area contributed by atoms with Crippen LogP contribution in [0.1, 0.15) is 64.2 Å². The Balaban J connectivity index is 1.76. The molecule has 0 bridgehead atoms. The third-order valence-corrected chi connectivity index (χ3v) is 6.66. The summed E-state index contributed by atoms with van der Waals surface area (Å²) in [5, 5.41) is 0. The normalized spacial score (nSPS) is 25.7. The molecule has 3 fully saturated rings. The number of ether oxygens (including phenoxy) is 1. The maximum atomic E-state index is 12.8. The Hall–Kier alpha value is -1.51. The van der Waals surface area contributed by atoms with Gasteiger partial charge >= 0.3 is 6.09 Å². The van der Waals surface area contributed by atoms with Crippen molar-refractivity contribution >= 4 is 11.8 Å². The van der Waals surface area contributed by atoms with Gasteiger partial charge in [0.15, 0.2) is 0 Å². The van der Waals surface area contributed by atoms with Gasteiger partial charge in [-0.2, -0.15) is 0 Å². The van der Waals surface area contributed by atoms with Crippen molar-refractivity contribution in [3.8, 4) is 0 Å². The van der Waals surface area contributed by atoms with Crippen molar-refractivity contribution < 1.29 is 9.53 Å². The van der Waals surface area contributed by atoms with E-state index in [9.17, 15) is 4.79 Å². The highest BCUT2D eigenvalue weighted by molar-refractivity contribution is 5.91. The van der Waals surface area contributed by atoms with Crippen LogP contribution in [0.3, 0.4) is 0 Å². The molecule has 3 aliphatic rings. The lowest BCUT2D eigenvalue weighted by atomic mass is 9.64. The van der Waals surface area contributed by atoms with Gasteiger partial charge in [-0.05, 0) is 49.7 Å². The Kier molecular flexibility index (Phi) is 4.51. The summed E-state index contributed by atoms with van der Waals surface area (Å²) < 4.78 is 5.73. The summed E-state index contributed by atoms with van der Waals surface area (Å²) >= 11 is 0. The fraction of sp³-hybridized carbons (Fsp3) is 0.667. The summed E-state index contributed by atoms with van der Waals surface area (Å²) in [6.07, 6.45) is 12.8. The average Bonchev–Trinajstić information content (AvgIpc) is 3.02. The predicted octanol–water partition coefficient (Wildman–Crippen LogP) is 5.54. The average molecular weight is 327 g/mol. The van der Waals surface area contributed by atoms with E-state index in [-0.39, 0.29) is 11.6 Å². The number of hydrogen-bond acceptors (Lipinski definition) is 2. The molecule has 0 radical (unpaired) electrons. The van der Waals surface area contributed by atoms with Gasteiger partial charge in [0.25, 0.3) is 0 Å². The van der Waals surface area contributed by atoms with Crippen LogP contribution in [0.2, 0.25) is 0 Å². The second-order valence-corrected chi connectivity index (χ2v) is 7.89. The minimum Gasteiger partial charge on any atom is -0.447 e. The summed E-state index contributed by atoms with van der Waals surface area (Å²) in [4.78, 5) is 14.8. The van der Waals surface area contributed by atoms with Crippen molar-refractivity contribution in [1.82, 2.24) is 0 Å². The van der Waals surface area contributed by atoms with Crippen LogP contribution in [-0.2, 0) is 4.74 Å². The molecule has 1 aromatic carbocycles. The maximum Gasteiger partial charge on any atom is 0.415 e. The molecule has 0 spiro atoms. The predicted molar refractivity (Wildman–Crippen MR) is 96.2 cm³/mol. The van der Waals surface area contributed by atoms with Gasteiger partial charge in [0.05, 0.1) is 5.54 Å². The molecule has 3 heteroatoms. The zero-order chi connectivity index (χ0) is 16.4. The molecule has 1 saturated heterocycles. The second-order valence-electron chi connectivity index (χ2n) is 7.89. The van der Waals surface area contributed by atoms with Crippen LogP contribution in [0.4, 0.5) is 10.5 Å². The highest BCUT2D eigenvalue weighted by Gasteiger charge is 2.57. The zero-order valence-corrected chi connectivity index (χ0v) is 14.6. The standard InChI is InChI=1S/C21H29NO2/c23-20-22(19-14-8-3-9-15-19)21(16-24-20,17-10-4-1-5-11-17)18-12-6-2-7-13-18/h3,8-9,14-15,17-18H,1-2,4-7,10-13,16H2. The van der Waals surface area contributed by atoms with Crippen LogP contribution < -0.4 is 4.90 Å². The molecule has 1 amide bonds. The van der Waals surface area contributed by atoms with Crippen molar-refractivity contribution in [2.45, 2.75) is 69.7 Å². The van der Waals surface area contributed by atoms with Crippen molar-refractivity contribution in [2.75, 3.05) is 11.5 Å². The molecule has 1 heterocycles. The largest absolute Gasteiger partial charge is 0.447 e. The van der Waals surface area contributed by atoms with Crippen LogP contribution in [0.25, 0.3) is 0 Å². The van der Waals surface area contributed by atoms with E-state index in [2.05, 4.69) is 17.0 Å². The number of carbonyl (C=O) groups is 1. The first kappa shape index (κ1) is 16.0. The molecule has 0 atom stereocenters. The first-order valence-electron chi connectivity index (χ1n) is 9.84. The first-order chi connectivity index (χ1) is 11.8. The molecule has 0 unspecified atom stereocenters. The zero-order valence-electron chi connectivity index (χ0n) is 14.6. The lowest BCUT2D eigenvalue weighted by Crippen LogP contribution is -2.59. The number of carbonyl (C=O) groups excluding carboxylic acids is 1. The summed E-state index contributed by atoms with van der Waals surface area (Å²) in [7, 11) is 0. The molecular formula is C21H29NO2. The first-order valence-corrected chi connectivity index (χ1v) is 9.84. The van der Waals surface area contributed by atoms with Gasteiger partial charge in [0.1, 0.15) is 6.61 Å². The number of amides is 1. The maximum absolute atomic E-state index is 12.8. The van der Waals surface area contributed by atoms with Crippen molar-refractivity contribution in [3.63, 3.8) is 0 Å². The minimum absolute atomic E-state index is 0.112. The van der Waals surface area contributed by atoms with E-state index >= 15 is 0 Å². The monoisotopic (exact) mass is 327 g/mol. The van der Waals surface area contributed by atoms with Gasteiger partial charge in [-0.1, -0.05) is 56.7 Å².